The van der Waals surface area contributed by atoms with Gasteiger partial charge in [-0.25, -0.2) is 9.97 Å². The lowest BCUT2D eigenvalue weighted by atomic mass is 9.81. The molecule has 66 heavy (non-hydrogen) atoms. The molecule has 4 fully saturated rings. The number of piperidine rings is 4. The molecule has 2 N–H and O–H groups in total. The molecule has 13 heteroatoms. The van der Waals surface area contributed by atoms with Crippen molar-refractivity contribution in [2.75, 3.05) is 75.4 Å². The zero-order valence-corrected chi connectivity index (χ0v) is 39.8. The molecule has 4 atom stereocenters. The first-order valence-electron chi connectivity index (χ1n) is 25.4. The van der Waals surface area contributed by atoms with E-state index in [0.717, 1.165) is 163 Å². The van der Waals surface area contributed by atoms with E-state index < -0.39 is 0 Å². The fraction of sp³-hybridized carbons (Fsp3) is 0.604. The summed E-state index contributed by atoms with van der Waals surface area (Å²) in [7, 11) is 0. The number of anilines is 2. The molecule has 4 unspecified atom stereocenters. The largest absolute Gasteiger partial charge is 0.377 e. The van der Waals surface area contributed by atoms with Crippen LogP contribution in [0.2, 0.25) is 0 Å². The molecule has 0 radical (unpaired) electrons. The summed E-state index contributed by atoms with van der Waals surface area (Å²) in [5, 5.41) is 4.59. The van der Waals surface area contributed by atoms with E-state index in [9.17, 15) is 0 Å². The number of fused-ring (bicyclic) bond motifs is 6. The van der Waals surface area contributed by atoms with Crippen molar-refractivity contribution in [3.8, 4) is 0 Å². The number of hydrogen-bond acceptors (Lipinski definition) is 11. The number of ether oxygens (including phenoxy) is 2. The lowest BCUT2D eigenvalue weighted by Gasteiger charge is -2.45. The van der Waals surface area contributed by atoms with Crippen LogP contribution in [0, 0.1) is 23.7 Å². The van der Waals surface area contributed by atoms with Crippen molar-refractivity contribution in [1.82, 2.24) is 39.7 Å². The molecule has 0 bridgehead atoms. The number of nitrogens with zero attached hydrogens (tertiary/aromatic N) is 8. The summed E-state index contributed by atoms with van der Waals surface area (Å²) in [6, 6.07) is 8.32. The molecule has 4 aliphatic rings. The van der Waals surface area contributed by atoms with E-state index in [2.05, 4.69) is 91.5 Å². The Labute approximate surface area is 390 Å². The van der Waals surface area contributed by atoms with Crippen molar-refractivity contribution in [2.45, 2.75) is 116 Å². The van der Waals surface area contributed by atoms with Gasteiger partial charge >= 0.3 is 0 Å². The Bertz CT molecular complexity index is 2380. The Morgan fingerprint density at radius 1 is 0.606 bits per heavy atom. The maximum Gasteiger partial charge on any atom is 0.167 e. The highest BCUT2D eigenvalue weighted by Crippen LogP contribution is 2.38. The second-order valence-electron chi connectivity index (χ2n) is 20.9. The van der Waals surface area contributed by atoms with Crippen molar-refractivity contribution in [3.63, 3.8) is 0 Å². The number of ketones is 1. The molecule has 6 aromatic rings. The third-order valence-electron chi connectivity index (χ3n) is 15.2. The van der Waals surface area contributed by atoms with Gasteiger partial charge in [-0.05, 0) is 125 Å². The number of carbonyl (C=O) groups excluding carboxylic acids is 1. The average molecular weight is 897 g/mol. The summed E-state index contributed by atoms with van der Waals surface area (Å²) in [5.74, 6) is 2.32. The van der Waals surface area contributed by atoms with Crippen LogP contribution in [0.1, 0.15) is 91.9 Å². The van der Waals surface area contributed by atoms with Gasteiger partial charge in [0, 0.05) is 110 Å². The lowest BCUT2D eigenvalue weighted by molar-refractivity contribution is -0.135. The number of aromatic nitrogens is 6. The van der Waals surface area contributed by atoms with Gasteiger partial charge in [0.2, 0.25) is 0 Å². The van der Waals surface area contributed by atoms with E-state index in [4.69, 9.17) is 19.4 Å². The zero-order chi connectivity index (χ0) is 45.1. The summed E-state index contributed by atoms with van der Waals surface area (Å²) in [6.45, 7) is 17.9. The van der Waals surface area contributed by atoms with Crippen LogP contribution in [0.5, 0.6) is 0 Å². The SMILES string of the molecule is CC(C)COC1CCCN(C(CC2CCN(c3ccnc4cnc5[nH]ccc5c34)CC2)C(=O)C(CC2CCN(c3ccnc4cnc5[nH]ccc5c34)CC2)N2CCCC(OCC(C)C)C2)C1. The highest BCUT2D eigenvalue weighted by molar-refractivity contribution is 6.11. The average Bonchev–Trinajstić information content (AvgIpc) is 4.05. The molecule has 0 amide bonds. The Morgan fingerprint density at radius 3 is 1.47 bits per heavy atom. The van der Waals surface area contributed by atoms with E-state index >= 15 is 4.79 Å². The van der Waals surface area contributed by atoms with E-state index in [1.54, 1.807) is 0 Å². The Hall–Kier alpha value is -4.69. The molecule has 0 saturated carbocycles. The normalized spacial score (nSPS) is 22.2. The number of likely N-dealkylation sites (tertiary alicyclic amines) is 2. The molecule has 352 valence electrons. The van der Waals surface area contributed by atoms with Crippen LogP contribution >= 0.6 is 0 Å². The summed E-state index contributed by atoms with van der Waals surface area (Å²) in [5.41, 5.74) is 6.12. The minimum Gasteiger partial charge on any atom is -0.377 e. The van der Waals surface area contributed by atoms with Gasteiger partial charge in [-0.3, -0.25) is 24.6 Å². The van der Waals surface area contributed by atoms with E-state index in [1.807, 2.05) is 37.2 Å². The predicted octanol–water partition coefficient (Wildman–Crippen LogP) is 9.03. The summed E-state index contributed by atoms with van der Waals surface area (Å²) < 4.78 is 13.1. The zero-order valence-electron chi connectivity index (χ0n) is 39.8. The number of pyridine rings is 4. The van der Waals surface area contributed by atoms with Gasteiger partial charge in [0.05, 0.1) is 47.7 Å². The van der Waals surface area contributed by atoms with Gasteiger partial charge < -0.3 is 29.2 Å². The van der Waals surface area contributed by atoms with Gasteiger partial charge in [-0.2, -0.15) is 0 Å². The molecule has 4 aliphatic heterocycles. The second-order valence-corrected chi connectivity index (χ2v) is 20.9. The Kier molecular flexibility index (Phi) is 13.9. The number of Topliss-reactive ketones (excluding diaryl/α,β-unsaturated/α-hetero) is 1. The van der Waals surface area contributed by atoms with Gasteiger partial charge in [-0.15, -0.1) is 0 Å². The molecule has 13 nitrogen and oxygen atoms in total. The standard InChI is InChI=1S/C53H72N10O3/c1-35(2)33-65-39-7-5-21-62(31-39)47(27-37-13-23-60(24-14-37)45-11-19-54-43-29-58-52-41(49(43)45)9-17-56-52)51(64)48(63-22-6-8-40(32-63)66-34-36(3)4)28-38-15-25-61(26-16-38)46-12-20-55-44-30-59-53-42(50(44)46)10-18-57-53/h9-12,17-20,29-30,35-40,47-48H,5-8,13-16,21-28,31-34H2,1-4H3,(H,56,58)(H,57,59). The summed E-state index contributed by atoms with van der Waals surface area (Å²) in [6.07, 6.45) is 22.2. The van der Waals surface area contributed by atoms with Crippen molar-refractivity contribution in [2.24, 2.45) is 23.7 Å². The first-order chi connectivity index (χ1) is 32.3. The Balaban J connectivity index is 0.899. The lowest BCUT2D eigenvalue weighted by Crippen LogP contribution is -2.58. The number of nitrogens with one attached hydrogen (secondary N) is 2. The Morgan fingerprint density at radius 2 is 1.05 bits per heavy atom. The molecular weight excluding hydrogens is 825 g/mol. The maximum atomic E-state index is 16.0. The van der Waals surface area contributed by atoms with Crippen LogP contribution in [0.4, 0.5) is 11.4 Å². The molecule has 10 heterocycles. The van der Waals surface area contributed by atoms with Crippen LogP contribution < -0.4 is 9.80 Å². The van der Waals surface area contributed by atoms with Gasteiger partial charge in [-0.1, -0.05) is 27.7 Å². The second kappa shape index (κ2) is 20.3. The minimum absolute atomic E-state index is 0.137. The molecule has 0 aromatic carbocycles. The molecular formula is C53H72N10O3. The molecule has 6 aromatic heterocycles. The minimum atomic E-state index is -0.137. The highest BCUT2D eigenvalue weighted by Gasteiger charge is 2.41. The van der Waals surface area contributed by atoms with Crippen molar-refractivity contribution in [1.29, 1.82) is 0 Å². The molecule has 4 saturated heterocycles. The van der Waals surface area contributed by atoms with Gasteiger partial charge in [0.25, 0.3) is 0 Å². The van der Waals surface area contributed by atoms with Crippen LogP contribution in [0.25, 0.3) is 43.9 Å². The van der Waals surface area contributed by atoms with E-state index in [-0.39, 0.29) is 24.3 Å². The topological polar surface area (TPSA) is 132 Å². The molecule has 0 aliphatic carbocycles. The fourth-order valence-corrected chi connectivity index (χ4v) is 11.8. The van der Waals surface area contributed by atoms with Crippen molar-refractivity contribution < 1.29 is 14.3 Å². The van der Waals surface area contributed by atoms with Crippen molar-refractivity contribution in [3.05, 3.63) is 61.4 Å². The van der Waals surface area contributed by atoms with Gasteiger partial charge in [0.15, 0.2) is 5.78 Å². The first kappa shape index (κ1) is 45.1. The maximum absolute atomic E-state index is 16.0. The number of hydrogen-bond donors (Lipinski definition) is 2. The third kappa shape index (κ3) is 9.82. The van der Waals surface area contributed by atoms with Crippen LogP contribution in [-0.4, -0.2) is 135 Å². The first-order valence-corrected chi connectivity index (χ1v) is 25.4. The third-order valence-corrected chi connectivity index (χ3v) is 15.2. The monoisotopic (exact) mass is 897 g/mol. The highest BCUT2D eigenvalue weighted by atomic mass is 16.5. The number of aromatic amines is 2. The molecule has 10 rings (SSSR count). The van der Waals surface area contributed by atoms with Crippen molar-refractivity contribution >= 4 is 61.0 Å². The summed E-state index contributed by atoms with van der Waals surface area (Å²) in [4.78, 5) is 51.5. The molecule has 0 spiro atoms. The summed E-state index contributed by atoms with van der Waals surface area (Å²) >= 11 is 0. The number of rotatable bonds is 16. The predicted molar refractivity (Wildman–Crippen MR) is 265 cm³/mol. The smallest absolute Gasteiger partial charge is 0.167 e. The number of carbonyl (C=O) groups is 1. The van der Waals surface area contributed by atoms with Crippen LogP contribution in [-0.2, 0) is 14.3 Å². The number of H-pyrrole nitrogens is 2. The quantitative estimate of drug-likeness (QED) is 0.0965. The van der Waals surface area contributed by atoms with Crippen LogP contribution in [0.3, 0.4) is 0 Å². The fourth-order valence-electron chi connectivity index (χ4n) is 11.8. The van der Waals surface area contributed by atoms with Crippen LogP contribution in [0.15, 0.2) is 61.4 Å². The van der Waals surface area contributed by atoms with E-state index in [1.165, 1.54) is 22.1 Å². The van der Waals surface area contributed by atoms with Gasteiger partial charge in [0.1, 0.15) is 11.3 Å². The van der Waals surface area contributed by atoms with E-state index in [0.29, 0.717) is 29.5 Å².